The van der Waals surface area contributed by atoms with Crippen LogP contribution in [0.1, 0.15) is 49.4 Å². The van der Waals surface area contributed by atoms with Gasteiger partial charge >= 0.3 is 0 Å². The number of allylic oxidation sites excluding steroid dienone is 4. The minimum Gasteiger partial charge on any atom is -0.381 e. The Kier molecular flexibility index (Phi) is 4.77. The molecule has 0 aromatic carbocycles. The van der Waals surface area contributed by atoms with Gasteiger partial charge in [-0.2, -0.15) is 10.4 Å². The first kappa shape index (κ1) is 18.0. The summed E-state index contributed by atoms with van der Waals surface area (Å²) in [6.45, 7) is 4.58. The maximum atomic E-state index is 9.60. The molecule has 1 aromatic heterocycles. The van der Waals surface area contributed by atoms with Crippen LogP contribution in [0.2, 0.25) is 0 Å². The maximum absolute atomic E-state index is 9.60. The van der Waals surface area contributed by atoms with Gasteiger partial charge in [0.1, 0.15) is 7.85 Å². The monoisotopic (exact) mass is 377 g/mol. The highest BCUT2D eigenvalue weighted by atomic mass is 16.5. The van der Waals surface area contributed by atoms with E-state index in [2.05, 4.69) is 34.9 Å². The summed E-state index contributed by atoms with van der Waals surface area (Å²) < 4.78 is 7.91. The first-order valence-corrected chi connectivity index (χ1v) is 10.7. The highest BCUT2D eigenvalue weighted by Gasteiger charge is 2.33. The molecule has 6 nitrogen and oxygen atoms in total. The Labute approximate surface area is 167 Å². The Bertz CT molecular complexity index is 874. The fourth-order valence-electron chi connectivity index (χ4n) is 5.19. The van der Waals surface area contributed by atoms with Crippen LogP contribution in [0.4, 0.5) is 5.82 Å². The summed E-state index contributed by atoms with van der Waals surface area (Å²) >= 11 is 0. The van der Waals surface area contributed by atoms with Gasteiger partial charge in [-0.3, -0.25) is 4.68 Å². The molecule has 1 N–H and O–H groups in total. The van der Waals surface area contributed by atoms with Crippen LogP contribution in [-0.2, 0) is 17.7 Å². The average Bonchev–Trinajstić information content (AvgIpc) is 3.13. The van der Waals surface area contributed by atoms with Crippen LogP contribution in [-0.4, -0.2) is 43.9 Å². The lowest BCUT2D eigenvalue weighted by Crippen LogP contribution is -2.33. The van der Waals surface area contributed by atoms with Crippen LogP contribution in [0.15, 0.2) is 22.8 Å². The Morgan fingerprint density at radius 1 is 1.29 bits per heavy atom. The third-order valence-corrected chi connectivity index (χ3v) is 6.76. The van der Waals surface area contributed by atoms with Crippen molar-refractivity contribution in [2.45, 2.75) is 51.1 Å². The Balaban J connectivity index is 1.56. The molecule has 4 aliphatic rings. The smallest absolute Gasteiger partial charge is 0.159 e. The maximum Gasteiger partial charge on any atom is 0.159 e. The summed E-state index contributed by atoms with van der Waals surface area (Å²) in [6.07, 6.45) is 8.48. The molecule has 1 saturated heterocycles. The van der Waals surface area contributed by atoms with E-state index in [0.717, 1.165) is 77.2 Å². The normalized spacial score (nSPS) is 25.8. The van der Waals surface area contributed by atoms with Crippen LogP contribution < -0.4 is 10.2 Å². The van der Waals surface area contributed by atoms with Crippen LogP contribution in [0, 0.1) is 17.2 Å². The van der Waals surface area contributed by atoms with Gasteiger partial charge in [-0.25, -0.2) is 0 Å². The van der Waals surface area contributed by atoms with Gasteiger partial charge in [0, 0.05) is 62.6 Å². The molecule has 1 atom stereocenters. The second-order valence-corrected chi connectivity index (χ2v) is 8.47. The number of nitrogens with zero attached hydrogens (tertiary/aromatic N) is 4. The zero-order valence-electron chi connectivity index (χ0n) is 16.7. The van der Waals surface area contributed by atoms with Crippen molar-refractivity contribution in [2.75, 3.05) is 31.2 Å². The van der Waals surface area contributed by atoms with E-state index in [0.29, 0.717) is 6.04 Å². The first-order chi connectivity index (χ1) is 13.8. The lowest BCUT2D eigenvalue weighted by atomic mass is 9.75. The Hall–Kier alpha value is -2.04. The molecule has 28 heavy (non-hydrogen) atoms. The number of aromatic nitrogens is 2. The number of fused-ring (bicyclic) bond motifs is 1. The second-order valence-electron chi connectivity index (χ2n) is 8.47. The van der Waals surface area contributed by atoms with Crippen molar-refractivity contribution >= 4 is 13.7 Å². The molecule has 0 amide bonds. The molecule has 3 aliphatic heterocycles. The molecule has 5 rings (SSSR count). The molecular formula is C21H28BN5O. The zero-order chi connectivity index (χ0) is 19.1. The van der Waals surface area contributed by atoms with E-state index in [4.69, 9.17) is 9.84 Å². The molecule has 0 radical (unpaired) electrons. The highest BCUT2D eigenvalue weighted by Crippen LogP contribution is 2.40. The van der Waals surface area contributed by atoms with Gasteiger partial charge in [0.15, 0.2) is 5.82 Å². The Morgan fingerprint density at radius 3 is 2.96 bits per heavy atom. The van der Waals surface area contributed by atoms with E-state index in [9.17, 15) is 5.26 Å². The quantitative estimate of drug-likeness (QED) is 0.797. The van der Waals surface area contributed by atoms with E-state index < -0.39 is 0 Å². The predicted molar refractivity (Wildman–Crippen MR) is 111 cm³/mol. The van der Waals surface area contributed by atoms with Crippen molar-refractivity contribution in [3.63, 3.8) is 0 Å². The molecule has 1 fully saturated rings. The topological polar surface area (TPSA) is 66.1 Å². The van der Waals surface area contributed by atoms with E-state index in [1.165, 1.54) is 28.0 Å². The van der Waals surface area contributed by atoms with Crippen LogP contribution in [0.3, 0.4) is 0 Å². The van der Waals surface area contributed by atoms with Gasteiger partial charge in [0.2, 0.25) is 0 Å². The SMILES string of the molecule is BC1=CC2=C(CC1C#N)N(c1nn(C3CCOCC3)c3c1CNCC3)CCC2. The third-order valence-electron chi connectivity index (χ3n) is 6.76. The van der Waals surface area contributed by atoms with E-state index in [1.807, 2.05) is 0 Å². The van der Waals surface area contributed by atoms with Gasteiger partial charge in [-0.05, 0) is 31.3 Å². The van der Waals surface area contributed by atoms with Crippen LogP contribution >= 0.6 is 0 Å². The van der Waals surface area contributed by atoms with Crippen molar-refractivity contribution < 1.29 is 4.74 Å². The zero-order valence-corrected chi connectivity index (χ0v) is 16.7. The fourth-order valence-corrected chi connectivity index (χ4v) is 5.19. The van der Waals surface area contributed by atoms with Gasteiger partial charge in [-0.15, -0.1) is 0 Å². The van der Waals surface area contributed by atoms with E-state index in [-0.39, 0.29) is 5.92 Å². The second kappa shape index (κ2) is 7.42. The fraction of sp³-hybridized carbons (Fsp3) is 0.619. The molecular weight excluding hydrogens is 349 g/mol. The Morgan fingerprint density at radius 2 is 2.14 bits per heavy atom. The predicted octanol–water partition coefficient (Wildman–Crippen LogP) is 1.80. The number of hydrogen-bond donors (Lipinski definition) is 1. The molecule has 0 saturated carbocycles. The molecule has 0 spiro atoms. The average molecular weight is 377 g/mol. The largest absolute Gasteiger partial charge is 0.381 e. The summed E-state index contributed by atoms with van der Waals surface area (Å²) in [5, 5.41) is 18.4. The first-order valence-electron chi connectivity index (χ1n) is 10.7. The summed E-state index contributed by atoms with van der Waals surface area (Å²) in [5.74, 6) is 1.12. The van der Waals surface area contributed by atoms with E-state index >= 15 is 0 Å². The molecule has 7 heteroatoms. The van der Waals surface area contributed by atoms with Crippen molar-refractivity contribution in [3.05, 3.63) is 34.1 Å². The van der Waals surface area contributed by atoms with Gasteiger partial charge < -0.3 is 15.0 Å². The molecule has 1 unspecified atom stereocenters. The van der Waals surface area contributed by atoms with Crippen molar-refractivity contribution in [2.24, 2.45) is 5.92 Å². The number of nitrogens with one attached hydrogen (secondary N) is 1. The van der Waals surface area contributed by atoms with Crippen LogP contribution in [0.25, 0.3) is 0 Å². The van der Waals surface area contributed by atoms with Crippen LogP contribution in [0.5, 0.6) is 0 Å². The lowest BCUT2D eigenvalue weighted by molar-refractivity contribution is 0.0653. The summed E-state index contributed by atoms with van der Waals surface area (Å²) in [6, 6.07) is 2.95. The molecule has 4 heterocycles. The van der Waals surface area contributed by atoms with Crippen molar-refractivity contribution in [1.82, 2.24) is 15.1 Å². The minimum atomic E-state index is -0.00844. The molecule has 0 bridgehead atoms. The van der Waals surface area contributed by atoms with Crippen molar-refractivity contribution in [3.8, 4) is 6.07 Å². The number of nitriles is 1. The summed E-state index contributed by atoms with van der Waals surface area (Å²) in [7, 11) is 2.10. The highest BCUT2D eigenvalue weighted by molar-refractivity contribution is 6.22. The van der Waals surface area contributed by atoms with Crippen molar-refractivity contribution in [1.29, 1.82) is 5.26 Å². The number of anilines is 1. The van der Waals surface area contributed by atoms with Gasteiger partial charge in [0.25, 0.3) is 0 Å². The summed E-state index contributed by atoms with van der Waals surface area (Å²) in [4.78, 5) is 2.44. The number of hydrogen-bond acceptors (Lipinski definition) is 5. The number of rotatable bonds is 2. The third kappa shape index (κ3) is 2.99. The van der Waals surface area contributed by atoms with E-state index in [1.54, 1.807) is 0 Å². The minimum absolute atomic E-state index is 0.00844. The van der Waals surface area contributed by atoms with Gasteiger partial charge in [0.05, 0.1) is 18.0 Å². The summed E-state index contributed by atoms with van der Waals surface area (Å²) in [5.41, 5.74) is 6.72. The molecule has 1 aromatic rings. The standard InChI is InChI=1S/C21H28BN5O/c22-18-10-14-2-1-7-26(20(14)11-15(18)12-23)21-17-13-24-6-3-19(17)27(25-21)16-4-8-28-9-5-16/h10,15-16,24H,1-9,11,13,22H2. The lowest BCUT2D eigenvalue weighted by Gasteiger charge is -2.36. The molecule has 1 aliphatic carbocycles. The molecule has 146 valence electrons. The number of ether oxygens (including phenoxy) is 1. The van der Waals surface area contributed by atoms with Gasteiger partial charge in [-0.1, -0.05) is 11.5 Å².